The molecule has 0 unspecified atom stereocenters. The Balaban J connectivity index is 1.49. The monoisotopic (exact) mass is 537 g/mol. The number of anilines is 3. The Morgan fingerprint density at radius 3 is 1.97 bits per heavy atom. The highest BCUT2D eigenvalue weighted by Crippen LogP contribution is 2.13. The zero-order valence-electron chi connectivity index (χ0n) is 22.5. The average Bonchev–Trinajstić information content (AvgIpc) is 2.97. The fourth-order valence-corrected chi connectivity index (χ4v) is 3.37. The number of hydrogen-bond donors (Lipinski definition) is 5. The van der Waals surface area contributed by atoms with Crippen LogP contribution in [0.15, 0.2) is 48.8 Å². The van der Waals surface area contributed by atoms with E-state index in [0.29, 0.717) is 76.0 Å². The summed E-state index contributed by atoms with van der Waals surface area (Å²) in [6.45, 7) is 6.78. The van der Waals surface area contributed by atoms with Crippen LogP contribution in [0, 0.1) is 0 Å². The van der Waals surface area contributed by atoms with Gasteiger partial charge in [-0.1, -0.05) is 25.5 Å². The van der Waals surface area contributed by atoms with E-state index in [4.69, 9.17) is 15.2 Å². The van der Waals surface area contributed by atoms with Gasteiger partial charge in [0, 0.05) is 50.7 Å². The molecule has 2 aromatic heterocycles. The number of benzene rings is 1. The number of nitrogens with two attached hydrogens (primary N) is 1. The van der Waals surface area contributed by atoms with E-state index in [9.17, 15) is 4.79 Å². The third kappa shape index (κ3) is 11.6. The quantitative estimate of drug-likeness (QED) is 0.143. The molecule has 0 saturated heterocycles. The molecule has 210 valence electrons. The number of pyridine rings is 1. The molecule has 0 aliphatic rings. The lowest BCUT2D eigenvalue weighted by molar-refractivity contribution is 0.0511. The predicted molar refractivity (Wildman–Crippen MR) is 152 cm³/mol. The number of hydrogen-bond acceptors (Lipinski definition) is 11. The fraction of sp³-hybridized carbons (Fsp3) is 0.444. The van der Waals surface area contributed by atoms with Gasteiger partial charge in [0.15, 0.2) is 0 Å². The summed E-state index contributed by atoms with van der Waals surface area (Å²) in [5.41, 5.74) is 8.00. The van der Waals surface area contributed by atoms with Gasteiger partial charge in [-0.2, -0.15) is 15.0 Å². The number of ether oxygens (including phenoxy) is 2. The smallest absolute Gasteiger partial charge is 0.251 e. The average molecular weight is 538 g/mol. The van der Waals surface area contributed by atoms with Gasteiger partial charge in [0.1, 0.15) is 0 Å². The summed E-state index contributed by atoms with van der Waals surface area (Å²) in [6, 6.07) is 11.3. The summed E-state index contributed by atoms with van der Waals surface area (Å²) in [4.78, 5) is 30.0. The minimum absolute atomic E-state index is 0.150. The second-order valence-corrected chi connectivity index (χ2v) is 8.62. The zero-order chi connectivity index (χ0) is 27.5. The van der Waals surface area contributed by atoms with Gasteiger partial charge in [-0.05, 0) is 41.8 Å². The second-order valence-electron chi connectivity index (χ2n) is 8.62. The van der Waals surface area contributed by atoms with Gasteiger partial charge in [0.25, 0.3) is 5.91 Å². The van der Waals surface area contributed by atoms with Crippen molar-refractivity contribution in [3.8, 4) is 0 Å². The van der Waals surface area contributed by atoms with Gasteiger partial charge < -0.3 is 36.5 Å². The largest absolute Gasteiger partial charge is 0.378 e. The molecule has 0 radical (unpaired) electrons. The fourth-order valence-electron chi connectivity index (χ4n) is 3.37. The molecular weight excluding hydrogens is 498 g/mol. The number of nitrogens with zero attached hydrogens (tertiary/aromatic N) is 4. The summed E-state index contributed by atoms with van der Waals surface area (Å²) < 4.78 is 10.7. The van der Waals surface area contributed by atoms with Crippen LogP contribution in [-0.4, -0.2) is 71.9 Å². The Morgan fingerprint density at radius 2 is 1.36 bits per heavy atom. The maximum atomic E-state index is 12.4. The van der Waals surface area contributed by atoms with Crippen molar-refractivity contribution in [2.45, 2.75) is 32.9 Å². The third-order valence-electron chi connectivity index (χ3n) is 5.48. The molecular formula is C27H39N9O3. The van der Waals surface area contributed by atoms with Crippen molar-refractivity contribution in [2.24, 2.45) is 5.73 Å². The molecule has 3 rings (SSSR count). The van der Waals surface area contributed by atoms with E-state index in [1.165, 1.54) is 0 Å². The molecule has 1 aromatic carbocycles. The number of nitrogens with one attached hydrogen (secondary N) is 4. The predicted octanol–water partition coefficient (Wildman–Crippen LogP) is 2.42. The van der Waals surface area contributed by atoms with Crippen molar-refractivity contribution >= 4 is 23.8 Å². The number of amides is 1. The first-order valence-corrected chi connectivity index (χ1v) is 13.3. The van der Waals surface area contributed by atoms with Gasteiger partial charge in [0.2, 0.25) is 17.8 Å². The van der Waals surface area contributed by atoms with E-state index in [1.54, 1.807) is 24.5 Å². The van der Waals surface area contributed by atoms with Crippen LogP contribution in [0.5, 0.6) is 0 Å². The van der Waals surface area contributed by atoms with Crippen LogP contribution in [0.1, 0.15) is 41.3 Å². The van der Waals surface area contributed by atoms with Gasteiger partial charge in [-0.3, -0.25) is 9.78 Å². The van der Waals surface area contributed by atoms with Gasteiger partial charge in [0.05, 0.1) is 26.4 Å². The lowest BCUT2D eigenvalue weighted by atomic mass is 10.1. The van der Waals surface area contributed by atoms with E-state index >= 15 is 0 Å². The first-order chi connectivity index (χ1) is 19.2. The van der Waals surface area contributed by atoms with Crippen LogP contribution in [0.4, 0.5) is 17.8 Å². The summed E-state index contributed by atoms with van der Waals surface area (Å²) in [6.07, 6.45) is 5.59. The molecule has 0 aliphatic carbocycles. The molecule has 39 heavy (non-hydrogen) atoms. The van der Waals surface area contributed by atoms with Crippen molar-refractivity contribution in [1.29, 1.82) is 0 Å². The molecule has 1 amide bonds. The minimum atomic E-state index is -0.150. The van der Waals surface area contributed by atoms with Crippen LogP contribution in [0.2, 0.25) is 0 Å². The third-order valence-corrected chi connectivity index (χ3v) is 5.48. The highest BCUT2D eigenvalue weighted by atomic mass is 16.5. The number of carbonyl (C=O) groups is 1. The van der Waals surface area contributed by atoms with Crippen molar-refractivity contribution in [3.05, 3.63) is 65.5 Å². The van der Waals surface area contributed by atoms with Crippen molar-refractivity contribution in [1.82, 2.24) is 25.3 Å². The maximum Gasteiger partial charge on any atom is 0.251 e. The second kappa shape index (κ2) is 17.6. The lowest BCUT2D eigenvalue weighted by Crippen LogP contribution is -2.27. The molecule has 12 nitrogen and oxygen atoms in total. The SMILES string of the molecule is CCCCNc1nc(NCc2ccncc2)nc(NCc2ccc(C(=O)NCCOCCOCCN)cc2)n1. The van der Waals surface area contributed by atoms with E-state index in [2.05, 4.69) is 48.1 Å². The Kier molecular flexibility index (Phi) is 13.4. The highest BCUT2D eigenvalue weighted by molar-refractivity contribution is 5.94. The lowest BCUT2D eigenvalue weighted by Gasteiger charge is -2.12. The van der Waals surface area contributed by atoms with Crippen molar-refractivity contribution < 1.29 is 14.3 Å². The number of rotatable bonds is 19. The molecule has 0 bridgehead atoms. The molecule has 0 saturated carbocycles. The van der Waals surface area contributed by atoms with Gasteiger partial charge in [-0.15, -0.1) is 0 Å². The topological polar surface area (TPSA) is 161 Å². The Morgan fingerprint density at radius 1 is 0.769 bits per heavy atom. The molecule has 12 heteroatoms. The first kappa shape index (κ1) is 29.7. The molecule has 6 N–H and O–H groups in total. The van der Waals surface area contributed by atoms with Crippen molar-refractivity contribution in [2.75, 3.05) is 62.0 Å². The molecule has 2 heterocycles. The van der Waals surface area contributed by atoms with E-state index in [0.717, 1.165) is 30.5 Å². The number of carbonyl (C=O) groups excluding carboxylic acids is 1. The summed E-state index contributed by atoms with van der Waals surface area (Å²) in [5, 5.41) is 12.6. The number of unbranched alkanes of at least 4 members (excludes halogenated alkanes) is 1. The van der Waals surface area contributed by atoms with Gasteiger partial charge >= 0.3 is 0 Å². The minimum Gasteiger partial charge on any atom is -0.378 e. The van der Waals surface area contributed by atoms with E-state index in [1.807, 2.05) is 24.3 Å². The molecule has 0 atom stereocenters. The van der Waals surface area contributed by atoms with Crippen LogP contribution >= 0.6 is 0 Å². The van der Waals surface area contributed by atoms with E-state index in [-0.39, 0.29) is 5.91 Å². The standard InChI is InChI=1S/C27H39N9O3/c1-2-3-11-31-25-34-26(36-27(35-25)33-20-22-8-12-29-13-9-22)32-19-21-4-6-23(7-5-21)24(37)30-14-16-39-18-17-38-15-10-28/h4-9,12-13H,2-3,10-11,14-20,28H2,1H3,(H,30,37)(H3,31,32,33,34,35,36). The van der Waals surface area contributed by atoms with Gasteiger partial charge in [-0.25, -0.2) is 0 Å². The van der Waals surface area contributed by atoms with Crippen LogP contribution < -0.4 is 27.0 Å². The summed E-state index contributed by atoms with van der Waals surface area (Å²) >= 11 is 0. The normalized spacial score (nSPS) is 10.7. The van der Waals surface area contributed by atoms with Crippen LogP contribution in [0.3, 0.4) is 0 Å². The Labute approximate surface area is 229 Å². The number of aromatic nitrogens is 4. The molecule has 0 spiro atoms. The first-order valence-electron chi connectivity index (χ1n) is 13.3. The Hall–Kier alpha value is -3.87. The maximum absolute atomic E-state index is 12.4. The highest BCUT2D eigenvalue weighted by Gasteiger charge is 2.08. The van der Waals surface area contributed by atoms with Crippen LogP contribution in [0.25, 0.3) is 0 Å². The summed E-state index contributed by atoms with van der Waals surface area (Å²) in [5.74, 6) is 1.29. The molecule has 0 aliphatic heterocycles. The molecule has 0 fully saturated rings. The zero-order valence-corrected chi connectivity index (χ0v) is 22.5. The Bertz CT molecular complexity index is 1100. The van der Waals surface area contributed by atoms with Crippen molar-refractivity contribution in [3.63, 3.8) is 0 Å². The summed E-state index contributed by atoms with van der Waals surface area (Å²) in [7, 11) is 0. The van der Waals surface area contributed by atoms with Crippen LogP contribution in [-0.2, 0) is 22.6 Å². The van der Waals surface area contributed by atoms with E-state index < -0.39 is 0 Å². The molecule has 3 aromatic rings.